The fraction of sp³-hybridized carbons (Fsp3) is 0.267. The van der Waals surface area contributed by atoms with Gasteiger partial charge in [-0.2, -0.15) is 0 Å². The number of nitrogens with one attached hydrogen (secondary N) is 1. The summed E-state index contributed by atoms with van der Waals surface area (Å²) in [6, 6.07) is 26.8. The second kappa shape index (κ2) is 9.28. The number of aromatic hydroxyl groups is 1. The van der Waals surface area contributed by atoms with Crippen molar-refractivity contribution in [1.29, 1.82) is 0 Å². The molecule has 6 nitrogen and oxygen atoms in total. The first-order valence-electron chi connectivity index (χ1n) is 12.7. The maximum Gasteiger partial charge on any atom is 0.267 e. The maximum absolute atomic E-state index is 13.6. The van der Waals surface area contributed by atoms with E-state index in [4.69, 9.17) is 0 Å². The van der Waals surface area contributed by atoms with Crippen LogP contribution in [0.2, 0.25) is 0 Å². The third-order valence-electron chi connectivity index (χ3n) is 7.75. The minimum Gasteiger partial charge on any atom is -0.506 e. The van der Waals surface area contributed by atoms with Crippen molar-refractivity contribution in [3.63, 3.8) is 0 Å². The van der Waals surface area contributed by atoms with Crippen molar-refractivity contribution in [3.05, 3.63) is 111 Å². The summed E-state index contributed by atoms with van der Waals surface area (Å²) in [6.07, 6.45) is 1.73. The summed E-state index contributed by atoms with van der Waals surface area (Å²) in [7, 11) is 0. The van der Waals surface area contributed by atoms with Crippen LogP contribution in [0.5, 0.6) is 5.75 Å². The minimum atomic E-state index is -0.377. The molecule has 2 aliphatic heterocycles. The molecule has 2 N–H and O–H groups in total. The standard InChI is InChI=1S/C30H29N3O3/c34-28-24-15-7-13-23-14-8-16-33(27(23)24)30(36)25(28)29(35)32-19-17-31(18-20-32)26(21-9-3-1-4-10-21)22-11-5-2-6-12-22/h1-7,9-13,15,26,34H,8,14,16-20H2/p+1. The molecule has 0 unspecified atom stereocenters. The molecule has 6 heteroatoms. The summed E-state index contributed by atoms with van der Waals surface area (Å²) in [6.45, 7) is 3.14. The first-order valence-corrected chi connectivity index (χ1v) is 12.7. The fourth-order valence-corrected chi connectivity index (χ4v) is 6.01. The Morgan fingerprint density at radius 1 is 0.833 bits per heavy atom. The first kappa shape index (κ1) is 22.6. The van der Waals surface area contributed by atoms with E-state index in [0.29, 0.717) is 25.0 Å². The van der Waals surface area contributed by atoms with E-state index in [1.54, 1.807) is 15.5 Å². The zero-order valence-corrected chi connectivity index (χ0v) is 20.2. The lowest BCUT2D eigenvalue weighted by atomic mass is 9.96. The molecule has 2 aliphatic rings. The number of carbonyl (C=O) groups is 1. The monoisotopic (exact) mass is 480 g/mol. The van der Waals surface area contributed by atoms with E-state index in [1.807, 2.05) is 24.3 Å². The third-order valence-corrected chi connectivity index (χ3v) is 7.75. The Bertz CT molecular complexity index is 1430. The van der Waals surface area contributed by atoms with Crippen molar-refractivity contribution >= 4 is 16.8 Å². The van der Waals surface area contributed by atoms with Crippen LogP contribution in [0.25, 0.3) is 10.9 Å². The average Bonchev–Trinajstić information content (AvgIpc) is 2.93. The van der Waals surface area contributed by atoms with Gasteiger partial charge in [-0.05, 0) is 24.5 Å². The quantitative estimate of drug-likeness (QED) is 0.472. The molecule has 6 rings (SSSR count). The number of hydrogen-bond acceptors (Lipinski definition) is 3. The molecule has 0 saturated carbocycles. The van der Waals surface area contributed by atoms with Crippen LogP contribution in [0.4, 0.5) is 0 Å². The number of hydrogen-bond donors (Lipinski definition) is 2. The Morgan fingerprint density at radius 2 is 1.47 bits per heavy atom. The highest BCUT2D eigenvalue weighted by atomic mass is 16.3. The highest BCUT2D eigenvalue weighted by Gasteiger charge is 2.34. The zero-order chi connectivity index (χ0) is 24.6. The highest BCUT2D eigenvalue weighted by Crippen LogP contribution is 2.32. The molecule has 4 aromatic rings. The molecule has 0 spiro atoms. The highest BCUT2D eigenvalue weighted by molar-refractivity contribution is 6.03. The van der Waals surface area contributed by atoms with E-state index in [1.165, 1.54) is 16.0 Å². The molecule has 1 saturated heterocycles. The van der Waals surface area contributed by atoms with E-state index in [0.717, 1.165) is 37.0 Å². The van der Waals surface area contributed by atoms with Gasteiger partial charge in [0.05, 0.1) is 31.7 Å². The van der Waals surface area contributed by atoms with Crippen LogP contribution < -0.4 is 10.5 Å². The molecule has 182 valence electrons. The van der Waals surface area contributed by atoms with Gasteiger partial charge in [0.25, 0.3) is 11.5 Å². The van der Waals surface area contributed by atoms with Gasteiger partial charge in [0, 0.05) is 23.1 Å². The second-order valence-electron chi connectivity index (χ2n) is 9.80. The molecule has 1 fully saturated rings. The molecule has 0 aliphatic carbocycles. The molecule has 36 heavy (non-hydrogen) atoms. The van der Waals surface area contributed by atoms with Gasteiger partial charge in [-0.25, -0.2) is 0 Å². The third kappa shape index (κ3) is 3.78. The Labute approximate surface area is 210 Å². The summed E-state index contributed by atoms with van der Waals surface area (Å²) in [5.41, 5.74) is 3.85. The average molecular weight is 481 g/mol. The number of carbonyl (C=O) groups excluding carboxylic acids is 1. The summed E-state index contributed by atoms with van der Waals surface area (Å²) in [5, 5.41) is 11.7. The van der Waals surface area contributed by atoms with Crippen molar-refractivity contribution in [2.24, 2.45) is 0 Å². The van der Waals surface area contributed by atoms with Crippen molar-refractivity contribution in [3.8, 4) is 5.75 Å². The molecule has 1 aromatic heterocycles. The molecule has 0 bridgehead atoms. The van der Waals surface area contributed by atoms with Gasteiger partial charge in [0.1, 0.15) is 17.4 Å². The van der Waals surface area contributed by atoms with E-state index >= 15 is 0 Å². The van der Waals surface area contributed by atoms with E-state index < -0.39 is 0 Å². The van der Waals surface area contributed by atoms with Crippen LogP contribution in [0.1, 0.15) is 39.5 Å². The summed E-state index contributed by atoms with van der Waals surface area (Å²) in [4.78, 5) is 30.1. The van der Waals surface area contributed by atoms with Crippen LogP contribution in [0.3, 0.4) is 0 Å². The predicted molar refractivity (Wildman–Crippen MR) is 140 cm³/mol. The number of amides is 1. The summed E-state index contributed by atoms with van der Waals surface area (Å²) < 4.78 is 1.68. The van der Waals surface area contributed by atoms with Crippen molar-refractivity contribution < 1.29 is 14.8 Å². The van der Waals surface area contributed by atoms with Crippen molar-refractivity contribution in [2.75, 3.05) is 26.2 Å². The second-order valence-corrected chi connectivity index (χ2v) is 9.80. The Hall–Kier alpha value is -3.90. The Kier molecular flexibility index (Phi) is 5.82. The van der Waals surface area contributed by atoms with Gasteiger partial charge >= 0.3 is 0 Å². The lowest BCUT2D eigenvalue weighted by Crippen LogP contribution is -3.15. The lowest BCUT2D eigenvalue weighted by molar-refractivity contribution is -0.929. The van der Waals surface area contributed by atoms with Gasteiger partial charge < -0.3 is 19.5 Å². The summed E-state index contributed by atoms with van der Waals surface area (Å²) in [5.74, 6) is -0.546. The molecule has 0 radical (unpaired) electrons. The fourth-order valence-electron chi connectivity index (χ4n) is 6.01. The number of rotatable bonds is 4. The number of quaternary nitrogens is 1. The van der Waals surface area contributed by atoms with Gasteiger partial charge in [-0.15, -0.1) is 0 Å². The predicted octanol–water partition coefficient (Wildman–Crippen LogP) is 2.78. The SMILES string of the molecule is O=C(c1c(O)c2cccc3c2n(c1=O)CCC3)N1CC[NH+](C(c2ccccc2)c2ccccc2)CC1. The van der Waals surface area contributed by atoms with Crippen LogP contribution >= 0.6 is 0 Å². The largest absolute Gasteiger partial charge is 0.506 e. The van der Waals surface area contributed by atoms with Gasteiger partial charge in [-0.1, -0.05) is 72.8 Å². The van der Waals surface area contributed by atoms with Crippen molar-refractivity contribution in [1.82, 2.24) is 9.47 Å². The smallest absolute Gasteiger partial charge is 0.267 e. The lowest BCUT2D eigenvalue weighted by Gasteiger charge is -2.37. The summed E-state index contributed by atoms with van der Waals surface area (Å²) >= 11 is 0. The Balaban J connectivity index is 1.29. The van der Waals surface area contributed by atoms with Crippen molar-refractivity contribution in [2.45, 2.75) is 25.4 Å². The molecule has 0 atom stereocenters. The number of aryl methyl sites for hydroxylation is 2. The molecule has 1 amide bonds. The van der Waals surface area contributed by atoms with E-state index in [2.05, 4.69) is 48.5 Å². The number of benzene rings is 3. The van der Waals surface area contributed by atoms with Gasteiger partial charge in [0.2, 0.25) is 0 Å². The number of piperazine rings is 1. The number of para-hydroxylation sites is 1. The van der Waals surface area contributed by atoms with Crippen LogP contribution in [-0.2, 0) is 13.0 Å². The number of aromatic nitrogens is 1. The maximum atomic E-state index is 13.6. The molecular formula is C30H30N3O3+. The Morgan fingerprint density at radius 3 is 2.11 bits per heavy atom. The van der Waals surface area contributed by atoms with Crippen LogP contribution in [0.15, 0.2) is 83.7 Å². The molecule has 3 heterocycles. The van der Waals surface area contributed by atoms with Gasteiger partial charge in [-0.3, -0.25) is 9.59 Å². The molecule has 3 aromatic carbocycles. The minimum absolute atomic E-state index is 0.0901. The molecular weight excluding hydrogens is 450 g/mol. The van der Waals surface area contributed by atoms with E-state index in [9.17, 15) is 14.7 Å². The number of nitrogens with zero attached hydrogens (tertiary/aromatic N) is 2. The van der Waals surface area contributed by atoms with E-state index in [-0.39, 0.29) is 28.8 Å². The van der Waals surface area contributed by atoms with Gasteiger partial charge in [0.15, 0.2) is 0 Å². The normalized spacial score (nSPS) is 16.0. The zero-order valence-electron chi connectivity index (χ0n) is 20.2. The van der Waals surface area contributed by atoms with Crippen LogP contribution in [-0.4, -0.2) is 46.7 Å². The topological polar surface area (TPSA) is 67.0 Å². The first-order chi connectivity index (χ1) is 17.6. The van der Waals surface area contributed by atoms with Crippen LogP contribution in [0, 0.1) is 0 Å². The number of pyridine rings is 1.